The van der Waals surface area contributed by atoms with Gasteiger partial charge in [-0.1, -0.05) is 0 Å². The zero-order valence-corrected chi connectivity index (χ0v) is 12.5. The Balaban J connectivity index is 2.64. The van der Waals surface area contributed by atoms with E-state index in [1.807, 2.05) is 13.8 Å². The quantitative estimate of drug-likeness (QED) is 0.802. The molecule has 112 valence electrons. The molecule has 20 heavy (non-hydrogen) atoms. The Morgan fingerprint density at radius 2 is 2.05 bits per heavy atom. The molecule has 1 atom stereocenters. The van der Waals surface area contributed by atoms with Crippen molar-refractivity contribution >= 4 is 5.91 Å². The molecule has 0 unspecified atom stereocenters. The summed E-state index contributed by atoms with van der Waals surface area (Å²) in [6, 6.07) is 5.35. The van der Waals surface area contributed by atoms with Crippen LogP contribution in [0.5, 0.6) is 11.5 Å². The van der Waals surface area contributed by atoms with Crippen LogP contribution in [-0.4, -0.2) is 30.8 Å². The lowest BCUT2D eigenvalue weighted by molar-refractivity contribution is -0.122. The van der Waals surface area contributed by atoms with Crippen LogP contribution in [0.25, 0.3) is 0 Å². The third kappa shape index (κ3) is 5.09. The van der Waals surface area contributed by atoms with Crippen molar-refractivity contribution in [1.29, 1.82) is 0 Å². The molecule has 1 aromatic rings. The molecule has 1 aromatic carbocycles. The first kappa shape index (κ1) is 16.3. The smallest absolute Gasteiger partial charge is 0.223 e. The van der Waals surface area contributed by atoms with Crippen LogP contribution in [0.1, 0.15) is 38.9 Å². The fourth-order valence-corrected chi connectivity index (χ4v) is 1.76. The molecule has 0 spiro atoms. The van der Waals surface area contributed by atoms with Gasteiger partial charge in [-0.15, -0.1) is 0 Å². The number of aliphatic hydroxyl groups excluding tert-OH is 1. The summed E-state index contributed by atoms with van der Waals surface area (Å²) >= 11 is 0. The normalized spacial score (nSPS) is 12.1. The van der Waals surface area contributed by atoms with Gasteiger partial charge in [-0.05, 0) is 32.9 Å². The fraction of sp³-hybridized carbons (Fsp3) is 0.533. The van der Waals surface area contributed by atoms with Gasteiger partial charge in [-0.2, -0.15) is 0 Å². The molecule has 0 aliphatic heterocycles. The number of rotatable bonds is 7. The number of hydrogen-bond acceptors (Lipinski definition) is 4. The lowest BCUT2D eigenvalue weighted by Gasteiger charge is -2.15. The molecule has 0 bridgehead atoms. The van der Waals surface area contributed by atoms with Crippen LogP contribution < -0.4 is 14.8 Å². The third-order valence-corrected chi connectivity index (χ3v) is 2.71. The molecule has 5 nitrogen and oxygen atoms in total. The molecule has 2 N–H and O–H groups in total. The number of benzene rings is 1. The van der Waals surface area contributed by atoms with Crippen molar-refractivity contribution < 1.29 is 19.4 Å². The topological polar surface area (TPSA) is 67.8 Å². The summed E-state index contributed by atoms with van der Waals surface area (Å²) in [5, 5.41) is 12.5. The summed E-state index contributed by atoms with van der Waals surface area (Å²) in [6.07, 6.45) is -0.366. The Bertz CT molecular complexity index is 443. The molecule has 0 fully saturated rings. The highest BCUT2D eigenvalue weighted by molar-refractivity contribution is 5.76. The Kier molecular flexibility index (Phi) is 6.31. The standard InChI is InChI=1S/C15H23NO4/c1-10(2)16-15(18)7-8-20-14-9-12(19-4)5-6-13(14)11(3)17/h5-6,9-11,17H,7-8H2,1-4H3,(H,16,18)/t11-/m0/s1. The average Bonchev–Trinajstić information content (AvgIpc) is 2.37. The average molecular weight is 281 g/mol. The lowest BCUT2D eigenvalue weighted by atomic mass is 10.1. The Hall–Kier alpha value is -1.75. The van der Waals surface area contributed by atoms with Crippen LogP contribution in [0.15, 0.2) is 18.2 Å². The van der Waals surface area contributed by atoms with E-state index in [0.717, 1.165) is 0 Å². The summed E-state index contributed by atoms with van der Waals surface area (Å²) in [7, 11) is 1.57. The van der Waals surface area contributed by atoms with Gasteiger partial charge in [-0.25, -0.2) is 0 Å². The van der Waals surface area contributed by atoms with Crippen LogP contribution in [0.4, 0.5) is 0 Å². The summed E-state index contributed by atoms with van der Waals surface area (Å²) in [6.45, 7) is 5.74. The molecule has 1 amide bonds. The second-order valence-electron chi connectivity index (χ2n) is 4.90. The van der Waals surface area contributed by atoms with Gasteiger partial charge >= 0.3 is 0 Å². The highest BCUT2D eigenvalue weighted by Gasteiger charge is 2.11. The number of ether oxygens (including phenoxy) is 2. The van der Waals surface area contributed by atoms with Crippen LogP contribution in [-0.2, 0) is 4.79 Å². The minimum atomic E-state index is -0.639. The van der Waals surface area contributed by atoms with Gasteiger partial charge in [-0.3, -0.25) is 4.79 Å². The van der Waals surface area contributed by atoms with Crippen LogP contribution in [0, 0.1) is 0 Å². The maximum Gasteiger partial charge on any atom is 0.223 e. The van der Waals surface area contributed by atoms with E-state index in [2.05, 4.69) is 5.32 Å². The molecule has 5 heteroatoms. The van der Waals surface area contributed by atoms with Gasteiger partial charge in [0, 0.05) is 17.7 Å². The van der Waals surface area contributed by atoms with Crippen LogP contribution in [0.3, 0.4) is 0 Å². The van der Waals surface area contributed by atoms with Crippen molar-refractivity contribution in [1.82, 2.24) is 5.32 Å². The molecule has 0 saturated carbocycles. The van der Waals surface area contributed by atoms with Crippen LogP contribution in [0.2, 0.25) is 0 Å². The van der Waals surface area contributed by atoms with Crippen molar-refractivity contribution in [3.8, 4) is 11.5 Å². The van der Waals surface area contributed by atoms with E-state index in [0.29, 0.717) is 17.1 Å². The molecule has 0 saturated heterocycles. The maximum atomic E-state index is 11.5. The highest BCUT2D eigenvalue weighted by Crippen LogP contribution is 2.29. The Labute approximate surface area is 119 Å². The molecule has 0 aliphatic rings. The number of methoxy groups -OCH3 is 1. The van der Waals surface area contributed by atoms with E-state index in [4.69, 9.17) is 9.47 Å². The van der Waals surface area contributed by atoms with Gasteiger partial charge < -0.3 is 19.9 Å². The van der Waals surface area contributed by atoms with Gasteiger partial charge in [0.25, 0.3) is 0 Å². The summed E-state index contributed by atoms with van der Waals surface area (Å²) in [4.78, 5) is 11.5. The second kappa shape index (κ2) is 7.75. The van der Waals surface area contributed by atoms with E-state index in [-0.39, 0.29) is 25.0 Å². The molecular formula is C15H23NO4. The summed E-state index contributed by atoms with van der Waals surface area (Å²) < 4.78 is 10.7. The predicted octanol–water partition coefficient (Wildman–Crippen LogP) is 2.04. The SMILES string of the molecule is COc1ccc([C@H](C)O)c(OCCC(=O)NC(C)C)c1. The third-order valence-electron chi connectivity index (χ3n) is 2.71. The van der Waals surface area contributed by atoms with Crippen molar-refractivity contribution in [2.45, 2.75) is 39.3 Å². The maximum absolute atomic E-state index is 11.5. The number of hydrogen-bond donors (Lipinski definition) is 2. The number of nitrogens with one attached hydrogen (secondary N) is 1. The Morgan fingerprint density at radius 3 is 2.60 bits per heavy atom. The van der Waals surface area contributed by atoms with Gasteiger partial charge in [0.05, 0.1) is 26.2 Å². The van der Waals surface area contributed by atoms with E-state index in [1.54, 1.807) is 32.2 Å². The molecule has 1 rings (SSSR count). The largest absolute Gasteiger partial charge is 0.497 e. The molecule has 0 aromatic heterocycles. The zero-order chi connectivity index (χ0) is 15.1. The van der Waals surface area contributed by atoms with Crippen molar-refractivity contribution in [3.05, 3.63) is 23.8 Å². The number of carbonyl (C=O) groups is 1. The number of aliphatic hydroxyl groups is 1. The molecule has 0 aliphatic carbocycles. The van der Waals surface area contributed by atoms with E-state index in [9.17, 15) is 9.90 Å². The molecule has 0 heterocycles. The zero-order valence-electron chi connectivity index (χ0n) is 12.5. The van der Waals surface area contributed by atoms with Gasteiger partial charge in [0.1, 0.15) is 11.5 Å². The fourth-order valence-electron chi connectivity index (χ4n) is 1.76. The van der Waals surface area contributed by atoms with Crippen molar-refractivity contribution in [2.75, 3.05) is 13.7 Å². The predicted molar refractivity (Wildman–Crippen MR) is 77.0 cm³/mol. The highest BCUT2D eigenvalue weighted by atomic mass is 16.5. The van der Waals surface area contributed by atoms with Crippen molar-refractivity contribution in [3.63, 3.8) is 0 Å². The first-order chi connectivity index (χ1) is 9.43. The first-order valence-corrected chi connectivity index (χ1v) is 6.72. The van der Waals surface area contributed by atoms with E-state index < -0.39 is 6.10 Å². The minimum Gasteiger partial charge on any atom is -0.497 e. The molecule has 0 radical (unpaired) electrons. The van der Waals surface area contributed by atoms with Crippen LogP contribution >= 0.6 is 0 Å². The van der Waals surface area contributed by atoms with E-state index >= 15 is 0 Å². The minimum absolute atomic E-state index is 0.0542. The number of amides is 1. The Morgan fingerprint density at radius 1 is 1.35 bits per heavy atom. The monoisotopic (exact) mass is 281 g/mol. The van der Waals surface area contributed by atoms with Gasteiger partial charge in [0.15, 0.2) is 0 Å². The number of carbonyl (C=O) groups excluding carboxylic acids is 1. The second-order valence-corrected chi connectivity index (χ2v) is 4.90. The van der Waals surface area contributed by atoms with Crippen molar-refractivity contribution in [2.24, 2.45) is 0 Å². The molecular weight excluding hydrogens is 258 g/mol. The first-order valence-electron chi connectivity index (χ1n) is 6.72. The lowest BCUT2D eigenvalue weighted by Crippen LogP contribution is -2.31. The summed E-state index contributed by atoms with van der Waals surface area (Å²) in [5.74, 6) is 1.13. The summed E-state index contributed by atoms with van der Waals surface area (Å²) in [5.41, 5.74) is 0.676. The van der Waals surface area contributed by atoms with E-state index in [1.165, 1.54) is 0 Å². The van der Waals surface area contributed by atoms with Gasteiger partial charge in [0.2, 0.25) is 5.91 Å².